The first kappa shape index (κ1) is 10.9. The fourth-order valence-corrected chi connectivity index (χ4v) is 0.878. The van der Waals surface area contributed by atoms with Gasteiger partial charge in [-0.3, -0.25) is 4.79 Å². The van der Waals surface area contributed by atoms with Gasteiger partial charge < -0.3 is 10.2 Å². The van der Waals surface area contributed by atoms with Crippen LogP contribution in [0.5, 0.6) is 0 Å². The number of benzene rings is 1. The van der Waals surface area contributed by atoms with Crippen LogP contribution in [0.3, 0.4) is 0 Å². The van der Waals surface area contributed by atoms with Crippen molar-refractivity contribution >= 4 is 17.5 Å². The van der Waals surface area contributed by atoms with E-state index in [2.05, 4.69) is 0 Å². The molecule has 0 aromatic heterocycles. The van der Waals surface area contributed by atoms with Crippen LogP contribution in [0.25, 0.3) is 5.76 Å². The second-order valence-electron chi connectivity index (χ2n) is 2.68. The van der Waals surface area contributed by atoms with Crippen molar-refractivity contribution in [3.8, 4) is 0 Å². The molecule has 1 aromatic rings. The molecule has 0 heterocycles. The summed E-state index contributed by atoms with van der Waals surface area (Å²) in [5, 5.41) is 19.4. The molecule has 5 heteroatoms. The fraction of sp³-hybridized carbons (Fsp3) is 0. The number of hydrogen-bond acceptors (Lipinski definition) is 3. The first-order valence-corrected chi connectivity index (χ1v) is 3.92. The topological polar surface area (TPSA) is 77.4 Å². The van der Waals surface area contributed by atoms with Gasteiger partial charge in [-0.1, -0.05) is 17.9 Å². The maximum absolute atomic E-state index is 12.5. The van der Waals surface area contributed by atoms with E-state index in [1.165, 1.54) is 12.1 Å². The second-order valence-corrected chi connectivity index (χ2v) is 2.68. The number of carboxylic acids is 1. The summed E-state index contributed by atoms with van der Waals surface area (Å²) < 4.78 is 12.5. The lowest BCUT2D eigenvalue weighted by Gasteiger charge is -2.10. The van der Waals surface area contributed by atoms with Crippen LogP contribution in [0.4, 0.5) is 4.39 Å². The Labute approximate surface area is 84.3 Å². The van der Waals surface area contributed by atoms with Crippen molar-refractivity contribution in [3.05, 3.63) is 41.7 Å². The molecule has 0 unspecified atom stereocenters. The van der Waals surface area contributed by atoms with Gasteiger partial charge >= 0.3 is 5.97 Å². The van der Waals surface area contributed by atoms with Crippen molar-refractivity contribution in [1.29, 1.82) is 0 Å². The number of carboxylic acid groups (broad SMARTS) is 1. The summed E-state index contributed by atoms with van der Waals surface area (Å²) in [6, 6.07) is 4.44. The first-order valence-electron chi connectivity index (χ1n) is 3.92. The lowest BCUT2D eigenvalue weighted by molar-refractivity contribution is -0.243. The van der Waals surface area contributed by atoms with Crippen LogP contribution in [0.1, 0.15) is 5.56 Å². The molecule has 78 valence electrons. The van der Waals surface area contributed by atoms with E-state index in [9.17, 15) is 19.1 Å². The average molecular weight is 209 g/mol. The Hall–Kier alpha value is -2.17. The van der Waals surface area contributed by atoms with Crippen LogP contribution in [0, 0.1) is 5.82 Å². The molecule has 0 aliphatic rings. The largest absolute Gasteiger partial charge is 0.872 e. The molecule has 0 spiro atoms. The van der Waals surface area contributed by atoms with Crippen molar-refractivity contribution in [1.82, 2.24) is 0 Å². The molecular formula is C10H6FO4-. The third-order valence-corrected chi connectivity index (χ3v) is 1.60. The zero-order valence-corrected chi connectivity index (χ0v) is 7.44. The van der Waals surface area contributed by atoms with Gasteiger partial charge in [-0.05, 0) is 23.8 Å². The second kappa shape index (κ2) is 4.36. The van der Waals surface area contributed by atoms with Crippen LogP contribution in [0.15, 0.2) is 30.3 Å². The van der Waals surface area contributed by atoms with E-state index in [0.29, 0.717) is 6.08 Å². The van der Waals surface area contributed by atoms with Crippen LogP contribution in [-0.4, -0.2) is 16.9 Å². The van der Waals surface area contributed by atoms with Gasteiger partial charge in [0.05, 0.1) is 0 Å². The molecule has 0 fully saturated rings. The Bertz CT molecular complexity index is 420. The Kier molecular flexibility index (Phi) is 3.17. The Morgan fingerprint density at radius 3 is 2.27 bits per heavy atom. The zero-order valence-electron chi connectivity index (χ0n) is 7.44. The van der Waals surface area contributed by atoms with E-state index < -0.39 is 23.3 Å². The van der Waals surface area contributed by atoms with Crippen LogP contribution < -0.4 is 5.11 Å². The summed E-state index contributed by atoms with van der Waals surface area (Å²) in [7, 11) is 0. The molecule has 0 atom stereocenters. The first-order chi connectivity index (χ1) is 7.00. The monoisotopic (exact) mass is 209 g/mol. The highest BCUT2D eigenvalue weighted by molar-refractivity contribution is 6.38. The smallest absolute Gasteiger partial charge is 0.376 e. The quantitative estimate of drug-likeness (QED) is 0.437. The Morgan fingerprint density at radius 1 is 1.27 bits per heavy atom. The van der Waals surface area contributed by atoms with Gasteiger partial charge in [-0.15, -0.1) is 0 Å². The number of rotatable bonds is 3. The number of hydrogen-bond donors (Lipinski definition) is 1. The molecule has 0 bridgehead atoms. The van der Waals surface area contributed by atoms with Gasteiger partial charge in [0, 0.05) is 0 Å². The molecule has 1 rings (SSSR count). The maximum Gasteiger partial charge on any atom is 0.376 e. The number of halogens is 1. The van der Waals surface area contributed by atoms with Gasteiger partial charge in [-0.2, -0.15) is 0 Å². The molecule has 0 amide bonds. The van der Waals surface area contributed by atoms with Crippen LogP contribution in [0.2, 0.25) is 0 Å². The van der Waals surface area contributed by atoms with Gasteiger partial charge in [0.25, 0.3) is 5.78 Å². The third kappa shape index (κ3) is 2.91. The average Bonchev–Trinajstić information content (AvgIpc) is 2.18. The Morgan fingerprint density at radius 2 is 1.80 bits per heavy atom. The molecule has 0 saturated heterocycles. The van der Waals surface area contributed by atoms with Crippen molar-refractivity contribution in [2.24, 2.45) is 0 Å². The zero-order chi connectivity index (χ0) is 11.4. The molecule has 1 N–H and O–H groups in total. The highest BCUT2D eigenvalue weighted by atomic mass is 19.1. The minimum Gasteiger partial charge on any atom is -0.872 e. The molecule has 4 nitrogen and oxygen atoms in total. The third-order valence-electron chi connectivity index (χ3n) is 1.60. The van der Waals surface area contributed by atoms with Crippen molar-refractivity contribution in [3.63, 3.8) is 0 Å². The SMILES string of the molecule is O=C(O)C(=O)C=C([O-])c1ccc(F)cc1. The number of carbonyl (C=O) groups is 2. The molecule has 15 heavy (non-hydrogen) atoms. The number of carbonyl (C=O) groups excluding carboxylic acids is 1. The number of aliphatic carboxylic acids is 1. The lowest BCUT2D eigenvalue weighted by Crippen LogP contribution is -2.13. The van der Waals surface area contributed by atoms with E-state index in [1.807, 2.05) is 0 Å². The molecule has 0 radical (unpaired) electrons. The van der Waals surface area contributed by atoms with Gasteiger partial charge in [-0.25, -0.2) is 9.18 Å². The van der Waals surface area contributed by atoms with E-state index >= 15 is 0 Å². The van der Waals surface area contributed by atoms with Gasteiger partial charge in [0.2, 0.25) is 0 Å². The normalized spacial score (nSPS) is 11.1. The number of ketones is 1. The molecule has 0 aliphatic heterocycles. The summed E-state index contributed by atoms with van der Waals surface area (Å²) in [4.78, 5) is 20.8. The summed E-state index contributed by atoms with van der Waals surface area (Å²) in [6.07, 6.45) is 0.454. The molecule has 0 aliphatic carbocycles. The van der Waals surface area contributed by atoms with Crippen LogP contribution >= 0.6 is 0 Å². The summed E-state index contributed by atoms with van der Waals surface area (Å²) >= 11 is 0. The maximum atomic E-state index is 12.5. The highest BCUT2D eigenvalue weighted by Gasteiger charge is 2.06. The molecule has 0 saturated carbocycles. The van der Waals surface area contributed by atoms with E-state index in [1.54, 1.807) is 0 Å². The molecular weight excluding hydrogens is 203 g/mol. The van der Waals surface area contributed by atoms with Crippen LogP contribution in [-0.2, 0) is 9.59 Å². The summed E-state index contributed by atoms with van der Waals surface area (Å²) in [6.45, 7) is 0. The van der Waals surface area contributed by atoms with Gasteiger partial charge in [0.1, 0.15) is 5.82 Å². The van der Waals surface area contributed by atoms with Crippen molar-refractivity contribution in [2.45, 2.75) is 0 Å². The van der Waals surface area contributed by atoms with E-state index in [-0.39, 0.29) is 5.56 Å². The standard InChI is InChI=1S/C10H7FO4/c11-7-3-1-6(2-4-7)8(12)5-9(13)10(14)15/h1-5,12H,(H,14,15)/p-1. The van der Waals surface area contributed by atoms with Crippen molar-refractivity contribution < 1.29 is 24.2 Å². The lowest BCUT2D eigenvalue weighted by atomic mass is 10.1. The van der Waals surface area contributed by atoms with Crippen molar-refractivity contribution in [2.75, 3.05) is 0 Å². The predicted octanol–water partition coefficient (Wildman–Crippen LogP) is 0.181. The highest BCUT2D eigenvalue weighted by Crippen LogP contribution is 2.09. The minimum absolute atomic E-state index is 0.0611. The van der Waals surface area contributed by atoms with Gasteiger partial charge in [0.15, 0.2) is 0 Å². The fourth-order valence-electron chi connectivity index (χ4n) is 0.878. The van der Waals surface area contributed by atoms with E-state index in [4.69, 9.17) is 5.11 Å². The predicted molar refractivity (Wildman–Crippen MR) is 47.0 cm³/mol. The minimum atomic E-state index is -1.70. The summed E-state index contributed by atoms with van der Waals surface area (Å²) in [5.74, 6) is -4.28. The molecule has 1 aromatic carbocycles. The van der Waals surface area contributed by atoms with E-state index in [0.717, 1.165) is 12.1 Å². The summed E-state index contributed by atoms with van der Waals surface area (Å²) in [5.41, 5.74) is 0.0611. The Balaban J connectivity index is 2.94.